The number of methoxy groups -OCH3 is 1. The summed E-state index contributed by atoms with van der Waals surface area (Å²) in [4.78, 5) is 11.8. The third kappa shape index (κ3) is 2.14. The largest absolute Gasteiger partial charge is 0.496 e. The van der Waals surface area contributed by atoms with Crippen LogP contribution in [0.2, 0.25) is 0 Å². The third-order valence-corrected chi connectivity index (χ3v) is 5.25. The fourth-order valence-corrected chi connectivity index (χ4v) is 3.52. The average Bonchev–Trinajstić information content (AvgIpc) is 2.32. The predicted molar refractivity (Wildman–Crippen MR) is 82.7 cm³/mol. The second-order valence-corrected chi connectivity index (χ2v) is 6.73. The van der Waals surface area contributed by atoms with Gasteiger partial charge in [-0.25, -0.2) is 0 Å². The topological polar surface area (TPSA) is 46.5 Å². The van der Waals surface area contributed by atoms with Gasteiger partial charge in [0.25, 0.3) is 0 Å². The summed E-state index contributed by atoms with van der Waals surface area (Å²) in [6, 6.07) is 2.05. The molecule has 0 radical (unpaired) electrons. The number of ether oxygens (including phenoxy) is 1. The first kappa shape index (κ1) is 15.4. The van der Waals surface area contributed by atoms with Crippen LogP contribution in [0.25, 0.3) is 0 Å². The molecule has 0 aliphatic heterocycles. The number of aliphatic carboxylic acids is 1. The van der Waals surface area contributed by atoms with E-state index in [1.807, 2.05) is 6.92 Å². The summed E-state index contributed by atoms with van der Waals surface area (Å²) in [6.07, 6.45) is 2.33. The van der Waals surface area contributed by atoms with Crippen molar-refractivity contribution in [3.63, 3.8) is 0 Å². The molecule has 2 rings (SSSR count). The zero-order chi connectivity index (χ0) is 15.1. The molecule has 0 amide bonds. The first-order valence-corrected chi connectivity index (χ1v) is 7.75. The number of hydrogen-bond donors (Lipinski definition) is 1. The van der Waals surface area contributed by atoms with Crippen LogP contribution >= 0.6 is 15.9 Å². The maximum Gasteiger partial charge on any atom is 0.314 e. The van der Waals surface area contributed by atoms with Crippen molar-refractivity contribution in [2.24, 2.45) is 0 Å². The fourth-order valence-electron chi connectivity index (χ4n) is 3.07. The van der Waals surface area contributed by atoms with Crippen molar-refractivity contribution in [3.05, 3.63) is 27.2 Å². The molecular formula is C16H21BrO3. The molecule has 0 atom stereocenters. The van der Waals surface area contributed by atoms with Crippen LogP contribution in [-0.4, -0.2) is 18.2 Å². The highest BCUT2D eigenvalue weighted by molar-refractivity contribution is 9.10. The van der Waals surface area contributed by atoms with Crippen LogP contribution in [0.5, 0.6) is 5.75 Å². The van der Waals surface area contributed by atoms with Crippen molar-refractivity contribution >= 4 is 21.9 Å². The molecular weight excluding hydrogens is 320 g/mol. The van der Waals surface area contributed by atoms with Gasteiger partial charge in [-0.3, -0.25) is 4.79 Å². The summed E-state index contributed by atoms with van der Waals surface area (Å²) in [5, 5.41) is 9.73. The van der Waals surface area contributed by atoms with Crippen molar-refractivity contribution < 1.29 is 14.6 Å². The second-order valence-electron chi connectivity index (χ2n) is 5.88. The van der Waals surface area contributed by atoms with Crippen molar-refractivity contribution in [1.29, 1.82) is 0 Å². The van der Waals surface area contributed by atoms with Crippen molar-refractivity contribution in [2.45, 2.75) is 51.4 Å². The maximum absolute atomic E-state index is 11.8. The molecule has 110 valence electrons. The highest BCUT2D eigenvalue weighted by Crippen LogP contribution is 2.51. The summed E-state index contributed by atoms with van der Waals surface area (Å²) in [5.74, 6) is 0.298. The Morgan fingerprint density at radius 1 is 1.45 bits per heavy atom. The summed E-state index contributed by atoms with van der Waals surface area (Å²) in [7, 11) is 1.63. The van der Waals surface area contributed by atoms with E-state index < -0.39 is 11.4 Å². The number of halogens is 1. The van der Waals surface area contributed by atoms with Gasteiger partial charge < -0.3 is 9.84 Å². The van der Waals surface area contributed by atoms with Crippen LogP contribution in [0.15, 0.2) is 10.5 Å². The van der Waals surface area contributed by atoms with Gasteiger partial charge in [0.2, 0.25) is 0 Å². The van der Waals surface area contributed by atoms with E-state index in [0.29, 0.717) is 12.8 Å². The Bertz CT molecular complexity index is 545. The number of carboxylic acid groups (broad SMARTS) is 1. The van der Waals surface area contributed by atoms with E-state index in [0.717, 1.165) is 33.3 Å². The second kappa shape index (κ2) is 5.40. The van der Waals surface area contributed by atoms with Crippen LogP contribution in [0.1, 0.15) is 55.7 Å². The number of rotatable bonds is 4. The standard InChI is InChI=1S/C16H21BrO3/c1-9(2)11-8-12(17)10(3)13(14(11)20-4)16(15(18)19)6-5-7-16/h8-9H,5-7H2,1-4H3,(H,18,19). The van der Waals surface area contributed by atoms with Gasteiger partial charge in [-0.15, -0.1) is 0 Å². The van der Waals surface area contributed by atoms with Gasteiger partial charge in [-0.1, -0.05) is 36.2 Å². The quantitative estimate of drug-likeness (QED) is 0.883. The van der Waals surface area contributed by atoms with Gasteiger partial charge in [-0.2, -0.15) is 0 Å². The molecule has 0 bridgehead atoms. The molecule has 1 saturated carbocycles. The van der Waals surface area contributed by atoms with Crippen LogP contribution in [0.4, 0.5) is 0 Å². The lowest BCUT2D eigenvalue weighted by atomic mass is 9.62. The van der Waals surface area contributed by atoms with E-state index in [1.54, 1.807) is 7.11 Å². The molecule has 0 unspecified atom stereocenters. The number of carboxylic acids is 1. The smallest absolute Gasteiger partial charge is 0.314 e. The Hall–Kier alpha value is -1.03. The first-order chi connectivity index (χ1) is 9.35. The summed E-state index contributed by atoms with van der Waals surface area (Å²) in [5.41, 5.74) is 2.13. The molecule has 1 aromatic carbocycles. The van der Waals surface area contributed by atoms with Gasteiger partial charge >= 0.3 is 5.97 Å². The zero-order valence-corrected chi connectivity index (χ0v) is 14.0. The zero-order valence-electron chi connectivity index (χ0n) is 12.4. The highest BCUT2D eigenvalue weighted by Gasteiger charge is 2.49. The minimum atomic E-state index is -0.775. The maximum atomic E-state index is 11.8. The Kier molecular flexibility index (Phi) is 4.14. The molecule has 1 N–H and O–H groups in total. The lowest BCUT2D eigenvalue weighted by molar-refractivity contribution is -0.147. The molecule has 1 aromatic rings. The normalized spacial score (nSPS) is 16.9. The van der Waals surface area contributed by atoms with Gasteiger partial charge in [0.1, 0.15) is 5.75 Å². The summed E-state index contributed by atoms with van der Waals surface area (Å²) in [6.45, 7) is 6.16. The summed E-state index contributed by atoms with van der Waals surface area (Å²) >= 11 is 3.57. The molecule has 3 nitrogen and oxygen atoms in total. The minimum absolute atomic E-state index is 0.284. The van der Waals surface area contributed by atoms with Crippen LogP contribution < -0.4 is 4.74 Å². The lowest BCUT2D eigenvalue weighted by Crippen LogP contribution is -2.43. The molecule has 0 spiro atoms. The Morgan fingerprint density at radius 3 is 2.40 bits per heavy atom. The minimum Gasteiger partial charge on any atom is -0.496 e. The van der Waals surface area contributed by atoms with Gasteiger partial charge in [0.15, 0.2) is 0 Å². The highest BCUT2D eigenvalue weighted by atomic mass is 79.9. The fraction of sp³-hybridized carbons (Fsp3) is 0.562. The predicted octanol–water partition coefficient (Wildman–Crippen LogP) is 4.40. The van der Waals surface area contributed by atoms with Crippen LogP contribution in [-0.2, 0) is 10.2 Å². The summed E-state index contributed by atoms with van der Waals surface area (Å²) < 4.78 is 6.58. The molecule has 4 heteroatoms. The van der Waals surface area contributed by atoms with Crippen molar-refractivity contribution in [1.82, 2.24) is 0 Å². The molecule has 0 aromatic heterocycles. The van der Waals surface area contributed by atoms with E-state index in [2.05, 4.69) is 35.8 Å². The van der Waals surface area contributed by atoms with E-state index in [9.17, 15) is 9.90 Å². The third-order valence-electron chi connectivity index (χ3n) is 4.43. The molecule has 0 heterocycles. The monoisotopic (exact) mass is 340 g/mol. The van der Waals surface area contributed by atoms with Gasteiger partial charge in [0.05, 0.1) is 12.5 Å². The van der Waals surface area contributed by atoms with E-state index in [-0.39, 0.29) is 5.92 Å². The Labute approximate surface area is 128 Å². The number of hydrogen-bond acceptors (Lipinski definition) is 2. The van der Waals surface area contributed by atoms with Crippen LogP contribution in [0, 0.1) is 6.92 Å². The van der Waals surface area contributed by atoms with E-state index in [4.69, 9.17) is 4.74 Å². The van der Waals surface area contributed by atoms with E-state index >= 15 is 0 Å². The molecule has 0 saturated heterocycles. The van der Waals surface area contributed by atoms with Crippen molar-refractivity contribution in [2.75, 3.05) is 7.11 Å². The average molecular weight is 341 g/mol. The van der Waals surface area contributed by atoms with Gasteiger partial charge in [-0.05, 0) is 42.9 Å². The molecule has 1 aliphatic carbocycles. The van der Waals surface area contributed by atoms with E-state index in [1.165, 1.54) is 0 Å². The Balaban J connectivity index is 2.76. The molecule has 20 heavy (non-hydrogen) atoms. The van der Waals surface area contributed by atoms with Gasteiger partial charge in [0, 0.05) is 10.0 Å². The molecule has 1 fully saturated rings. The van der Waals surface area contributed by atoms with Crippen molar-refractivity contribution in [3.8, 4) is 5.75 Å². The number of carbonyl (C=O) groups is 1. The SMILES string of the molecule is COc1c(C(C)C)cc(Br)c(C)c1C1(C(=O)O)CCC1. The lowest BCUT2D eigenvalue weighted by Gasteiger charge is -2.40. The number of benzene rings is 1. The Morgan fingerprint density at radius 2 is 2.05 bits per heavy atom. The molecule has 1 aliphatic rings. The first-order valence-electron chi connectivity index (χ1n) is 6.96. The van der Waals surface area contributed by atoms with Crippen LogP contribution in [0.3, 0.4) is 0 Å².